The standard InChI is InChI=1S/C19H21BrN2O3S/c20-16-11-5-7-13-18(16)26(24,25)22-17-12-6-4-10-15(17)19(23)21-14-8-2-1-3-9-14/h4-7,10-14,22H,1-3,8-9H2,(H,21,23). The SMILES string of the molecule is O=C(NC1CCCCC1)c1ccccc1NS(=O)(=O)c1ccccc1Br. The molecular weight excluding hydrogens is 416 g/mol. The number of hydrogen-bond acceptors (Lipinski definition) is 3. The fraction of sp³-hybridized carbons (Fsp3) is 0.316. The minimum absolute atomic E-state index is 0.127. The van der Waals surface area contributed by atoms with Gasteiger partial charge in [0.25, 0.3) is 15.9 Å². The van der Waals surface area contributed by atoms with Crippen LogP contribution in [0.5, 0.6) is 0 Å². The van der Waals surface area contributed by atoms with Gasteiger partial charge in [0.2, 0.25) is 0 Å². The van der Waals surface area contributed by atoms with Gasteiger partial charge in [0.05, 0.1) is 11.3 Å². The maximum atomic E-state index is 12.7. The van der Waals surface area contributed by atoms with Crippen LogP contribution in [-0.2, 0) is 10.0 Å². The van der Waals surface area contributed by atoms with Gasteiger partial charge in [-0.3, -0.25) is 9.52 Å². The molecule has 2 aromatic rings. The van der Waals surface area contributed by atoms with E-state index < -0.39 is 10.0 Å². The van der Waals surface area contributed by atoms with Crippen LogP contribution < -0.4 is 10.0 Å². The van der Waals surface area contributed by atoms with E-state index >= 15 is 0 Å². The Morgan fingerprint density at radius 1 is 0.962 bits per heavy atom. The third kappa shape index (κ3) is 4.45. The van der Waals surface area contributed by atoms with Crippen molar-refractivity contribution in [3.63, 3.8) is 0 Å². The zero-order chi connectivity index (χ0) is 18.6. The summed E-state index contributed by atoms with van der Waals surface area (Å²) in [6.45, 7) is 0. The number of halogens is 1. The molecule has 2 aromatic carbocycles. The predicted molar refractivity (Wildman–Crippen MR) is 106 cm³/mol. The first kappa shape index (κ1) is 18.9. The molecule has 1 saturated carbocycles. The van der Waals surface area contributed by atoms with Crippen LogP contribution in [-0.4, -0.2) is 20.4 Å². The summed E-state index contributed by atoms with van der Waals surface area (Å²) in [5.74, 6) is -0.248. The van der Waals surface area contributed by atoms with Crippen LogP contribution in [0.2, 0.25) is 0 Å². The highest BCUT2D eigenvalue weighted by atomic mass is 79.9. The fourth-order valence-electron chi connectivity index (χ4n) is 3.14. The van der Waals surface area contributed by atoms with Crippen LogP contribution >= 0.6 is 15.9 Å². The molecule has 0 spiro atoms. The van der Waals surface area contributed by atoms with Crippen molar-refractivity contribution in [2.45, 2.75) is 43.0 Å². The molecule has 0 unspecified atom stereocenters. The summed E-state index contributed by atoms with van der Waals surface area (Å²) in [5, 5.41) is 3.03. The molecule has 0 aromatic heterocycles. The average Bonchev–Trinajstić information content (AvgIpc) is 2.63. The van der Waals surface area contributed by atoms with Crippen molar-refractivity contribution >= 4 is 37.5 Å². The van der Waals surface area contributed by atoms with Crippen LogP contribution in [0, 0.1) is 0 Å². The Labute approximate surface area is 162 Å². The lowest BCUT2D eigenvalue weighted by molar-refractivity contribution is 0.0928. The van der Waals surface area contributed by atoms with Crippen molar-refractivity contribution in [3.8, 4) is 0 Å². The third-order valence-corrected chi connectivity index (χ3v) is 6.86. The molecule has 5 nitrogen and oxygen atoms in total. The molecule has 1 aliphatic rings. The summed E-state index contributed by atoms with van der Waals surface area (Å²) in [4.78, 5) is 12.8. The Kier molecular flexibility index (Phi) is 5.98. The molecular formula is C19H21BrN2O3S. The smallest absolute Gasteiger partial charge is 0.263 e. The molecule has 0 heterocycles. The monoisotopic (exact) mass is 436 g/mol. The molecule has 1 fully saturated rings. The van der Waals surface area contributed by atoms with Crippen molar-refractivity contribution in [2.24, 2.45) is 0 Å². The van der Waals surface area contributed by atoms with Gasteiger partial charge < -0.3 is 5.32 Å². The lowest BCUT2D eigenvalue weighted by Crippen LogP contribution is -2.36. The average molecular weight is 437 g/mol. The van der Waals surface area contributed by atoms with Crippen molar-refractivity contribution in [2.75, 3.05) is 4.72 Å². The van der Waals surface area contributed by atoms with Crippen LogP contribution in [0.1, 0.15) is 42.5 Å². The first-order valence-electron chi connectivity index (χ1n) is 8.64. The predicted octanol–water partition coefficient (Wildman–Crippen LogP) is 4.31. The Morgan fingerprint density at radius 3 is 2.35 bits per heavy atom. The van der Waals surface area contributed by atoms with Crippen molar-refractivity contribution in [1.29, 1.82) is 0 Å². The summed E-state index contributed by atoms with van der Waals surface area (Å²) in [5.41, 5.74) is 0.602. The Bertz CT molecular complexity index is 893. The van der Waals surface area contributed by atoms with Gasteiger partial charge in [-0.05, 0) is 53.0 Å². The van der Waals surface area contributed by atoms with Crippen LogP contribution in [0.3, 0.4) is 0 Å². The maximum Gasteiger partial charge on any atom is 0.263 e. The highest BCUT2D eigenvalue weighted by molar-refractivity contribution is 9.10. The minimum Gasteiger partial charge on any atom is -0.349 e. The quantitative estimate of drug-likeness (QED) is 0.732. The summed E-state index contributed by atoms with van der Waals surface area (Å²) in [6, 6.07) is 13.4. The number of anilines is 1. The second-order valence-corrected chi connectivity index (χ2v) is 8.90. The largest absolute Gasteiger partial charge is 0.349 e. The first-order valence-corrected chi connectivity index (χ1v) is 10.9. The molecule has 1 amide bonds. The van der Waals surface area contributed by atoms with Gasteiger partial charge in [-0.25, -0.2) is 8.42 Å². The van der Waals surface area contributed by atoms with Gasteiger partial charge >= 0.3 is 0 Å². The summed E-state index contributed by atoms with van der Waals surface area (Å²) >= 11 is 3.26. The van der Waals surface area contributed by atoms with Gasteiger partial charge in [0.1, 0.15) is 4.90 Å². The van der Waals surface area contributed by atoms with Gasteiger partial charge in [-0.15, -0.1) is 0 Å². The van der Waals surface area contributed by atoms with E-state index in [4.69, 9.17) is 0 Å². The molecule has 26 heavy (non-hydrogen) atoms. The zero-order valence-corrected chi connectivity index (χ0v) is 16.6. The number of amides is 1. The number of carbonyl (C=O) groups is 1. The molecule has 2 N–H and O–H groups in total. The maximum absolute atomic E-state index is 12.7. The van der Waals surface area contributed by atoms with Gasteiger partial charge in [-0.2, -0.15) is 0 Å². The molecule has 0 bridgehead atoms. The number of para-hydroxylation sites is 1. The number of carbonyl (C=O) groups excluding carboxylic acids is 1. The lowest BCUT2D eigenvalue weighted by Gasteiger charge is -2.23. The van der Waals surface area contributed by atoms with E-state index in [1.54, 1.807) is 42.5 Å². The Morgan fingerprint density at radius 2 is 1.62 bits per heavy atom. The van der Waals surface area contributed by atoms with E-state index in [2.05, 4.69) is 26.0 Å². The number of rotatable bonds is 5. The zero-order valence-electron chi connectivity index (χ0n) is 14.2. The van der Waals surface area contributed by atoms with Crippen LogP contribution in [0.25, 0.3) is 0 Å². The minimum atomic E-state index is -3.81. The lowest BCUT2D eigenvalue weighted by atomic mass is 9.95. The number of sulfonamides is 1. The van der Waals surface area contributed by atoms with Crippen molar-refractivity contribution in [1.82, 2.24) is 5.32 Å². The summed E-state index contributed by atoms with van der Waals surface area (Å²) < 4.78 is 28.4. The van der Waals surface area contributed by atoms with E-state index in [-0.39, 0.29) is 22.5 Å². The van der Waals surface area contributed by atoms with Crippen LogP contribution in [0.15, 0.2) is 57.9 Å². The molecule has 0 aliphatic heterocycles. The molecule has 3 rings (SSSR count). The highest BCUT2D eigenvalue weighted by Crippen LogP contribution is 2.26. The number of benzene rings is 2. The van der Waals surface area contributed by atoms with E-state index in [1.807, 2.05) is 0 Å². The molecule has 138 valence electrons. The van der Waals surface area contributed by atoms with E-state index in [0.717, 1.165) is 25.7 Å². The second-order valence-electron chi connectivity index (χ2n) is 6.39. The fourth-order valence-corrected chi connectivity index (χ4v) is 5.23. The normalized spacial score (nSPS) is 15.4. The van der Waals surface area contributed by atoms with E-state index in [9.17, 15) is 13.2 Å². The molecule has 0 radical (unpaired) electrons. The van der Waals surface area contributed by atoms with Gasteiger partial charge in [-0.1, -0.05) is 43.5 Å². The van der Waals surface area contributed by atoms with Crippen molar-refractivity contribution in [3.05, 3.63) is 58.6 Å². The molecule has 7 heteroatoms. The Hall–Kier alpha value is -1.86. The van der Waals surface area contributed by atoms with Gasteiger partial charge in [0, 0.05) is 10.5 Å². The Balaban J connectivity index is 1.83. The highest BCUT2D eigenvalue weighted by Gasteiger charge is 2.22. The van der Waals surface area contributed by atoms with Crippen molar-refractivity contribution < 1.29 is 13.2 Å². The second kappa shape index (κ2) is 8.22. The van der Waals surface area contributed by atoms with E-state index in [1.165, 1.54) is 12.5 Å². The third-order valence-electron chi connectivity index (χ3n) is 4.48. The number of nitrogens with one attached hydrogen (secondary N) is 2. The number of hydrogen-bond donors (Lipinski definition) is 2. The summed E-state index contributed by atoms with van der Waals surface area (Å²) in [7, 11) is -3.81. The first-order chi connectivity index (χ1) is 12.5. The molecule has 0 atom stereocenters. The van der Waals surface area contributed by atoms with Crippen LogP contribution in [0.4, 0.5) is 5.69 Å². The van der Waals surface area contributed by atoms with E-state index in [0.29, 0.717) is 10.0 Å². The van der Waals surface area contributed by atoms with Gasteiger partial charge in [0.15, 0.2) is 0 Å². The molecule has 1 aliphatic carbocycles. The topological polar surface area (TPSA) is 75.3 Å². The molecule has 0 saturated heterocycles. The summed E-state index contributed by atoms with van der Waals surface area (Å²) in [6.07, 6.45) is 5.37.